The maximum atomic E-state index is 13.2. The topological polar surface area (TPSA) is 120 Å². The largest absolute Gasteiger partial charge is 0.407 e. The second-order valence-corrected chi connectivity index (χ2v) is 10.1. The third kappa shape index (κ3) is 3.49. The Kier molecular flexibility index (Phi) is 4.90. The van der Waals surface area contributed by atoms with E-state index in [1.807, 2.05) is 0 Å². The second kappa shape index (κ2) is 7.39. The van der Waals surface area contributed by atoms with Crippen LogP contribution < -0.4 is 10.5 Å². The van der Waals surface area contributed by atoms with Crippen molar-refractivity contribution in [2.75, 3.05) is 0 Å². The minimum Gasteiger partial charge on any atom is -0.366 e. The van der Waals surface area contributed by atoms with Crippen LogP contribution in [0.1, 0.15) is 23.2 Å². The minimum atomic E-state index is -4.71. The third-order valence-corrected chi connectivity index (χ3v) is 7.45. The highest BCUT2D eigenvalue weighted by Gasteiger charge is 2.65. The molecule has 34 heavy (non-hydrogen) atoms. The molecule has 0 atom stereocenters. The van der Waals surface area contributed by atoms with E-state index in [0.29, 0.717) is 16.7 Å². The Bertz CT molecular complexity index is 1520. The van der Waals surface area contributed by atoms with Crippen molar-refractivity contribution in [3.8, 4) is 11.4 Å². The maximum absolute atomic E-state index is 13.2. The van der Waals surface area contributed by atoms with Gasteiger partial charge in [0.05, 0.1) is 22.0 Å². The molecule has 2 aliphatic carbocycles. The van der Waals surface area contributed by atoms with E-state index in [1.165, 1.54) is 18.3 Å². The van der Waals surface area contributed by atoms with Crippen molar-refractivity contribution >= 4 is 44.3 Å². The second-order valence-electron chi connectivity index (χ2n) is 7.96. The van der Waals surface area contributed by atoms with Crippen LogP contribution in [0.2, 0.25) is 5.02 Å². The van der Waals surface area contributed by atoms with Gasteiger partial charge in [-0.3, -0.25) is 14.3 Å². The SMILES string of the molecule is NC(=O)c1c(-c2ccc(S(=O)(=O)NC3(C(F)(F)F)CC3)cn2)n(C2=CC=C2)c2ncc(Cl)cc12. The molecule has 0 radical (unpaired) electrons. The van der Waals surface area contributed by atoms with Gasteiger partial charge in [0, 0.05) is 23.5 Å². The summed E-state index contributed by atoms with van der Waals surface area (Å²) in [4.78, 5) is 20.4. The molecule has 1 saturated carbocycles. The molecule has 1 fully saturated rings. The summed E-state index contributed by atoms with van der Waals surface area (Å²) < 4.78 is 68.2. The van der Waals surface area contributed by atoms with Crippen molar-refractivity contribution in [1.29, 1.82) is 0 Å². The number of aromatic nitrogens is 3. The van der Waals surface area contributed by atoms with Crippen LogP contribution >= 0.6 is 11.6 Å². The lowest BCUT2D eigenvalue weighted by Crippen LogP contribution is -2.47. The molecule has 0 unspecified atom stereocenters. The average molecular weight is 510 g/mol. The predicted octanol–water partition coefficient (Wildman–Crippen LogP) is 3.63. The first kappa shape index (κ1) is 22.6. The third-order valence-electron chi connectivity index (χ3n) is 5.73. The molecule has 3 aromatic rings. The van der Waals surface area contributed by atoms with Crippen LogP contribution in [-0.4, -0.2) is 40.6 Å². The number of hydrogen-bond donors (Lipinski definition) is 2. The van der Waals surface area contributed by atoms with Crippen LogP contribution in [-0.2, 0) is 10.0 Å². The van der Waals surface area contributed by atoms with Crippen molar-refractivity contribution in [2.45, 2.75) is 29.5 Å². The van der Waals surface area contributed by atoms with E-state index in [1.54, 1.807) is 27.5 Å². The number of allylic oxidation sites excluding steroid dienone is 4. The number of carbonyl (C=O) groups is 1. The standard InChI is InChI=1S/C21H15ClF3N5O3S/c22-11-8-14-16(18(26)31)17(30(12-2-1-3-12)19(14)28-9-11)15-5-4-13(10-27-15)34(32,33)29-20(6-7-20)21(23,24)25/h1-5,8-10,29H,6-7H2,(H2,26,31). The van der Waals surface area contributed by atoms with Crippen molar-refractivity contribution in [1.82, 2.24) is 19.3 Å². The monoisotopic (exact) mass is 509 g/mol. The molecule has 2 aliphatic rings. The number of primary amides is 1. The number of nitrogens with zero attached hydrogens (tertiary/aromatic N) is 3. The summed E-state index contributed by atoms with van der Waals surface area (Å²) in [7, 11) is -4.50. The highest BCUT2D eigenvalue weighted by Crippen LogP contribution is 2.49. The molecule has 8 nitrogen and oxygen atoms in total. The fourth-order valence-electron chi connectivity index (χ4n) is 3.78. The number of carbonyl (C=O) groups excluding carboxylic acids is 1. The van der Waals surface area contributed by atoms with Gasteiger partial charge in [-0.15, -0.1) is 0 Å². The molecule has 5 rings (SSSR count). The Morgan fingerprint density at radius 1 is 1.21 bits per heavy atom. The van der Waals surface area contributed by atoms with Gasteiger partial charge in [0.1, 0.15) is 16.1 Å². The van der Waals surface area contributed by atoms with Crippen LogP contribution in [0.4, 0.5) is 13.2 Å². The Morgan fingerprint density at radius 2 is 1.91 bits per heavy atom. The summed E-state index contributed by atoms with van der Waals surface area (Å²) >= 11 is 6.07. The highest BCUT2D eigenvalue weighted by atomic mass is 35.5. The number of hydrogen-bond acceptors (Lipinski definition) is 5. The van der Waals surface area contributed by atoms with E-state index in [0.717, 1.165) is 12.3 Å². The molecule has 1 amide bonds. The lowest BCUT2D eigenvalue weighted by Gasteiger charge is -2.20. The van der Waals surface area contributed by atoms with Gasteiger partial charge in [0.25, 0.3) is 5.91 Å². The fourth-order valence-corrected chi connectivity index (χ4v) is 5.33. The number of rotatable bonds is 6. The quantitative estimate of drug-likeness (QED) is 0.525. The van der Waals surface area contributed by atoms with Crippen LogP contribution in [0, 0.1) is 0 Å². The Hall–Kier alpha value is -3.22. The number of halogens is 4. The lowest BCUT2D eigenvalue weighted by atomic mass is 10.1. The lowest BCUT2D eigenvalue weighted by molar-refractivity contribution is -0.160. The fraction of sp³-hybridized carbons (Fsp3) is 0.190. The number of pyridine rings is 2. The number of amides is 1. The molecule has 176 valence electrons. The van der Waals surface area contributed by atoms with Crippen molar-refractivity contribution in [2.24, 2.45) is 5.73 Å². The highest BCUT2D eigenvalue weighted by molar-refractivity contribution is 7.89. The zero-order valence-corrected chi connectivity index (χ0v) is 18.7. The molecular weight excluding hydrogens is 495 g/mol. The Labute approximate surface area is 196 Å². The van der Waals surface area contributed by atoms with E-state index in [4.69, 9.17) is 17.3 Å². The van der Waals surface area contributed by atoms with Crippen LogP contribution in [0.5, 0.6) is 0 Å². The number of nitrogens with one attached hydrogen (secondary N) is 1. The van der Waals surface area contributed by atoms with Crippen molar-refractivity contribution in [3.05, 3.63) is 59.4 Å². The summed E-state index contributed by atoms with van der Waals surface area (Å²) in [6.07, 6.45) is 2.27. The first-order chi connectivity index (χ1) is 15.9. The minimum absolute atomic E-state index is 0.0708. The molecule has 0 aromatic carbocycles. The molecule has 0 aliphatic heterocycles. The van der Waals surface area contributed by atoms with Gasteiger partial charge in [0.2, 0.25) is 10.0 Å². The van der Waals surface area contributed by atoms with Gasteiger partial charge < -0.3 is 5.73 Å². The number of sulfonamides is 1. The van der Waals surface area contributed by atoms with Gasteiger partial charge >= 0.3 is 6.18 Å². The van der Waals surface area contributed by atoms with E-state index >= 15 is 0 Å². The molecule has 0 saturated heterocycles. The Morgan fingerprint density at radius 3 is 2.41 bits per heavy atom. The summed E-state index contributed by atoms with van der Waals surface area (Å²) in [5, 5.41) is 0.646. The zero-order valence-electron chi connectivity index (χ0n) is 17.1. The molecule has 0 spiro atoms. The Balaban J connectivity index is 1.62. The summed E-state index contributed by atoms with van der Waals surface area (Å²) in [5.74, 6) is -0.785. The average Bonchev–Trinajstić information content (AvgIpc) is 3.42. The number of fused-ring (bicyclic) bond motifs is 1. The van der Waals surface area contributed by atoms with E-state index in [2.05, 4.69) is 9.97 Å². The van der Waals surface area contributed by atoms with Crippen molar-refractivity contribution in [3.63, 3.8) is 0 Å². The van der Waals surface area contributed by atoms with E-state index in [9.17, 15) is 26.4 Å². The number of alkyl halides is 3. The van der Waals surface area contributed by atoms with Gasteiger partial charge in [-0.05, 0) is 43.2 Å². The zero-order chi connectivity index (χ0) is 24.5. The van der Waals surface area contributed by atoms with Gasteiger partial charge in [-0.2, -0.15) is 17.9 Å². The molecular formula is C21H15ClF3N5O3S. The van der Waals surface area contributed by atoms with Crippen LogP contribution in [0.25, 0.3) is 28.1 Å². The summed E-state index contributed by atoms with van der Waals surface area (Å²) in [6, 6.07) is 3.95. The predicted molar refractivity (Wildman–Crippen MR) is 118 cm³/mol. The van der Waals surface area contributed by atoms with Gasteiger partial charge in [-0.25, -0.2) is 13.4 Å². The van der Waals surface area contributed by atoms with Crippen LogP contribution in [0.3, 0.4) is 0 Å². The molecule has 3 aromatic heterocycles. The van der Waals surface area contributed by atoms with Crippen molar-refractivity contribution < 1.29 is 26.4 Å². The normalized spacial score (nSPS) is 16.9. The van der Waals surface area contributed by atoms with Gasteiger partial charge in [0.15, 0.2) is 0 Å². The molecule has 3 N–H and O–H groups in total. The van der Waals surface area contributed by atoms with Gasteiger partial charge in [-0.1, -0.05) is 17.7 Å². The molecule has 3 heterocycles. The molecule has 13 heteroatoms. The first-order valence-corrected chi connectivity index (χ1v) is 11.8. The number of nitrogens with two attached hydrogens (primary N) is 1. The molecule has 0 bridgehead atoms. The van der Waals surface area contributed by atoms with Crippen LogP contribution in [0.15, 0.2) is 53.7 Å². The first-order valence-electron chi connectivity index (χ1n) is 9.89. The van der Waals surface area contributed by atoms with E-state index < -0.39 is 32.5 Å². The van der Waals surface area contributed by atoms with E-state index in [-0.39, 0.29) is 34.8 Å². The maximum Gasteiger partial charge on any atom is 0.407 e. The summed E-state index contributed by atoms with van der Waals surface area (Å²) in [5.41, 5.74) is 4.74. The summed E-state index contributed by atoms with van der Waals surface area (Å²) in [6.45, 7) is 0. The smallest absolute Gasteiger partial charge is 0.366 e.